The number of piperidine rings is 1. The Labute approximate surface area is 106 Å². The van der Waals surface area contributed by atoms with E-state index in [4.69, 9.17) is 10.2 Å². The topological polar surface area (TPSA) is 68.2 Å². The molecule has 1 aliphatic heterocycles. The molecule has 5 heteroatoms. The molecule has 1 fully saturated rings. The van der Waals surface area contributed by atoms with Gasteiger partial charge in [0.25, 0.3) is 0 Å². The maximum Gasteiger partial charge on any atom is 0.222 e. The van der Waals surface area contributed by atoms with Gasteiger partial charge in [-0.25, -0.2) is 4.98 Å². The highest BCUT2D eigenvalue weighted by atomic mass is 16.3. The molecular formula is C13H16N4O. The molecular weight excluding hydrogens is 228 g/mol. The molecule has 94 valence electrons. The van der Waals surface area contributed by atoms with Crippen molar-refractivity contribution in [3.63, 3.8) is 0 Å². The summed E-state index contributed by atoms with van der Waals surface area (Å²) in [4.78, 5) is 10.8. The second-order valence-corrected chi connectivity index (χ2v) is 4.49. The Kier molecular flexibility index (Phi) is 2.88. The van der Waals surface area contributed by atoms with Crippen LogP contribution < -0.4 is 10.6 Å². The van der Waals surface area contributed by atoms with Gasteiger partial charge in [0.05, 0.1) is 6.26 Å². The van der Waals surface area contributed by atoms with Crippen molar-refractivity contribution in [3.05, 3.63) is 24.5 Å². The van der Waals surface area contributed by atoms with Crippen LogP contribution >= 0.6 is 0 Å². The molecule has 0 saturated carbocycles. The zero-order chi connectivity index (χ0) is 12.4. The van der Waals surface area contributed by atoms with E-state index in [9.17, 15) is 0 Å². The third-order valence-corrected chi connectivity index (χ3v) is 3.18. The van der Waals surface area contributed by atoms with E-state index in [1.54, 1.807) is 6.26 Å². The van der Waals surface area contributed by atoms with Crippen molar-refractivity contribution >= 4 is 11.8 Å². The Morgan fingerprint density at radius 1 is 1.17 bits per heavy atom. The summed E-state index contributed by atoms with van der Waals surface area (Å²) in [7, 11) is 0. The van der Waals surface area contributed by atoms with Gasteiger partial charge in [-0.3, -0.25) is 0 Å². The van der Waals surface area contributed by atoms with Crippen molar-refractivity contribution in [1.82, 2.24) is 9.97 Å². The summed E-state index contributed by atoms with van der Waals surface area (Å²) in [6.45, 7) is 2.07. The SMILES string of the molecule is Nc1nc(-c2ccco2)cc(N2CCCCC2)n1. The van der Waals surface area contributed by atoms with Gasteiger partial charge in [-0.1, -0.05) is 0 Å². The lowest BCUT2D eigenvalue weighted by Gasteiger charge is -2.27. The van der Waals surface area contributed by atoms with Crippen molar-refractivity contribution in [1.29, 1.82) is 0 Å². The van der Waals surface area contributed by atoms with Crippen molar-refractivity contribution in [2.45, 2.75) is 19.3 Å². The second-order valence-electron chi connectivity index (χ2n) is 4.49. The minimum Gasteiger partial charge on any atom is -0.463 e. The maximum atomic E-state index is 5.78. The summed E-state index contributed by atoms with van der Waals surface area (Å²) in [5, 5.41) is 0. The first-order valence-electron chi connectivity index (χ1n) is 6.26. The lowest BCUT2D eigenvalue weighted by atomic mass is 10.1. The number of hydrogen-bond donors (Lipinski definition) is 1. The second kappa shape index (κ2) is 4.68. The molecule has 0 aromatic carbocycles. The summed E-state index contributed by atoms with van der Waals surface area (Å²) in [6.07, 6.45) is 5.34. The molecule has 0 atom stereocenters. The van der Waals surface area contributed by atoms with Crippen molar-refractivity contribution < 1.29 is 4.42 Å². The van der Waals surface area contributed by atoms with Crippen molar-refractivity contribution in [2.24, 2.45) is 0 Å². The minimum atomic E-state index is 0.296. The summed E-state index contributed by atoms with van der Waals surface area (Å²) in [6, 6.07) is 5.66. The Morgan fingerprint density at radius 3 is 2.72 bits per heavy atom. The Balaban J connectivity index is 1.95. The number of furan rings is 1. The third kappa shape index (κ3) is 2.16. The number of nitrogen functional groups attached to an aromatic ring is 1. The molecule has 3 heterocycles. The average molecular weight is 244 g/mol. The van der Waals surface area contributed by atoms with Gasteiger partial charge in [-0.05, 0) is 31.4 Å². The molecule has 2 aromatic rings. The third-order valence-electron chi connectivity index (χ3n) is 3.18. The van der Waals surface area contributed by atoms with Crippen LogP contribution in [-0.2, 0) is 0 Å². The fourth-order valence-corrected chi connectivity index (χ4v) is 2.29. The number of nitrogens with two attached hydrogens (primary N) is 1. The smallest absolute Gasteiger partial charge is 0.222 e. The van der Waals surface area contributed by atoms with Gasteiger partial charge in [0.2, 0.25) is 5.95 Å². The van der Waals surface area contributed by atoms with Gasteiger partial charge < -0.3 is 15.1 Å². The molecule has 0 unspecified atom stereocenters. The number of hydrogen-bond acceptors (Lipinski definition) is 5. The quantitative estimate of drug-likeness (QED) is 0.878. The van der Waals surface area contributed by atoms with Crippen LogP contribution in [0.3, 0.4) is 0 Å². The molecule has 0 radical (unpaired) electrons. The first-order chi connectivity index (χ1) is 8.83. The standard InChI is InChI=1S/C13H16N4O/c14-13-15-10(11-5-4-8-18-11)9-12(16-13)17-6-2-1-3-7-17/h4-5,8-9H,1-3,6-7H2,(H2,14,15,16). The molecule has 0 bridgehead atoms. The van der Waals surface area contributed by atoms with Crippen molar-refractivity contribution in [3.8, 4) is 11.5 Å². The molecule has 5 nitrogen and oxygen atoms in total. The zero-order valence-electron chi connectivity index (χ0n) is 10.2. The molecule has 3 rings (SSSR count). The molecule has 0 spiro atoms. The molecule has 1 aliphatic rings. The van der Waals surface area contributed by atoms with Crippen LogP contribution in [0, 0.1) is 0 Å². The predicted octanol–water partition coefficient (Wildman–Crippen LogP) is 2.31. The van der Waals surface area contributed by atoms with E-state index in [2.05, 4.69) is 14.9 Å². The number of aromatic nitrogens is 2. The molecule has 18 heavy (non-hydrogen) atoms. The fourth-order valence-electron chi connectivity index (χ4n) is 2.29. The van der Waals surface area contributed by atoms with Gasteiger partial charge in [-0.15, -0.1) is 0 Å². The van der Waals surface area contributed by atoms with E-state index in [0.717, 1.165) is 30.4 Å². The van der Waals surface area contributed by atoms with E-state index in [1.807, 2.05) is 18.2 Å². The van der Waals surface area contributed by atoms with Crippen LogP contribution in [-0.4, -0.2) is 23.1 Å². The Bertz CT molecular complexity index is 518. The van der Waals surface area contributed by atoms with Crippen molar-refractivity contribution in [2.75, 3.05) is 23.7 Å². The first kappa shape index (κ1) is 11.1. The van der Waals surface area contributed by atoms with E-state index < -0.39 is 0 Å². The Morgan fingerprint density at radius 2 is 2.00 bits per heavy atom. The van der Waals surface area contributed by atoms with Crippen LogP contribution in [0.15, 0.2) is 28.9 Å². The average Bonchev–Trinajstić information content (AvgIpc) is 2.93. The molecule has 2 aromatic heterocycles. The van der Waals surface area contributed by atoms with E-state index in [0.29, 0.717) is 5.95 Å². The van der Waals surface area contributed by atoms with Gasteiger partial charge in [0.1, 0.15) is 11.5 Å². The molecule has 1 saturated heterocycles. The number of anilines is 2. The van der Waals surface area contributed by atoms with Crippen LogP contribution in [0.1, 0.15) is 19.3 Å². The monoisotopic (exact) mass is 244 g/mol. The molecule has 0 amide bonds. The highest BCUT2D eigenvalue weighted by molar-refractivity contribution is 5.59. The van der Waals surface area contributed by atoms with Crippen LogP contribution in [0.5, 0.6) is 0 Å². The molecule has 2 N–H and O–H groups in total. The van der Waals surface area contributed by atoms with Crippen LogP contribution in [0.2, 0.25) is 0 Å². The van der Waals surface area contributed by atoms with E-state index >= 15 is 0 Å². The largest absolute Gasteiger partial charge is 0.463 e. The van der Waals surface area contributed by atoms with Crippen LogP contribution in [0.4, 0.5) is 11.8 Å². The lowest BCUT2D eigenvalue weighted by molar-refractivity contribution is 0.571. The van der Waals surface area contributed by atoms with E-state index in [-0.39, 0.29) is 0 Å². The van der Waals surface area contributed by atoms with E-state index in [1.165, 1.54) is 19.3 Å². The fraction of sp³-hybridized carbons (Fsp3) is 0.385. The van der Waals surface area contributed by atoms with Gasteiger partial charge in [-0.2, -0.15) is 4.98 Å². The van der Waals surface area contributed by atoms with Crippen LogP contribution in [0.25, 0.3) is 11.5 Å². The summed E-state index contributed by atoms with van der Waals surface area (Å²) in [5.41, 5.74) is 6.53. The summed E-state index contributed by atoms with van der Waals surface area (Å²) in [5.74, 6) is 1.92. The van der Waals surface area contributed by atoms with Gasteiger partial charge in [0, 0.05) is 19.2 Å². The predicted molar refractivity (Wildman–Crippen MR) is 70.2 cm³/mol. The minimum absolute atomic E-state index is 0.296. The highest BCUT2D eigenvalue weighted by Crippen LogP contribution is 2.24. The number of rotatable bonds is 2. The zero-order valence-corrected chi connectivity index (χ0v) is 10.2. The van der Waals surface area contributed by atoms with Gasteiger partial charge >= 0.3 is 0 Å². The summed E-state index contributed by atoms with van der Waals surface area (Å²) < 4.78 is 5.35. The van der Waals surface area contributed by atoms with Gasteiger partial charge in [0.15, 0.2) is 5.76 Å². The Hall–Kier alpha value is -2.04. The lowest BCUT2D eigenvalue weighted by Crippen LogP contribution is -2.30. The molecule has 0 aliphatic carbocycles. The normalized spacial score (nSPS) is 15.9. The highest BCUT2D eigenvalue weighted by Gasteiger charge is 2.15. The summed E-state index contributed by atoms with van der Waals surface area (Å²) >= 11 is 0. The maximum absolute atomic E-state index is 5.78. The first-order valence-corrected chi connectivity index (χ1v) is 6.26. The number of nitrogens with zero attached hydrogens (tertiary/aromatic N) is 3.